The van der Waals surface area contributed by atoms with Crippen molar-refractivity contribution < 1.29 is 17.9 Å². The molecule has 0 bridgehead atoms. The van der Waals surface area contributed by atoms with Crippen molar-refractivity contribution >= 4 is 23.6 Å². The second-order valence-electron chi connectivity index (χ2n) is 5.33. The van der Waals surface area contributed by atoms with Crippen molar-refractivity contribution in [1.82, 2.24) is 4.98 Å². The second kappa shape index (κ2) is 8.20. The minimum atomic E-state index is -4.41. The van der Waals surface area contributed by atoms with Crippen molar-refractivity contribution in [2.24, 2.45) is 5.10 Å². The van der Waals surface area contributed by atoms with Crippen LogP contribution in [0, 0.1) is 0 Å². The zero-order valence-corrected chi connectivity index (χ0v) is 14.4. The highest BCUT2D eigenvalue weighted by Crippen LogP contribution is 2.29. The van der Waals surface area contributed by atoms with E-state index < -0.39 is 11.7 Å². The Hall–Kier alpha value is -2.28. The summed E-state index contributed by atoms with van der Waals surface area (Å²) in [5.41, 5.74) is 2.46. The van der Waals surface area contributed by atoms with E-state index in [2.05, 4.69) is 15.5 Å². The Bertz CT molecular complexity index is 733. The van der Waals surface area contributed by atoms with Gasteiger partial charge in [-0.2, -0.15) is 18.3 Å². The number of ether oxygens (including phenoxy) is 1. The summed E-state index contributed by atoms with van der Waals surface area (Å²) in [6.07, 6.45) is -1.26. The molecule has 1 atom stereocenters. The highest BCUT2D eigenvalue weighted by molar-refractivity contribution is 6.32. The predicted molar refractivity (Wildman–Crippen MR) is 92.3 cm³/mol. The molecule has 2 aromatic rings. The number of nitrogens with zero attached hydrogens (tertiary/aromatic N) is 2. The summed E-state index contributed by atoms with van der Waals surface area (Å²) in [6, 6.07) is 7.34. The number of hydrogen-bond acceptors (Lipinski definition) is 4. The van der Waals surface area contributed by atoms with Gasteiger partial charge in [-0.25, -0.2) is 4.98 Å². The first-order chi connectivity index (χ1) is 11.8. The van der Waals surface area contributed by atoms with Gasteiger partial charge in [-0.1, -0.05) is 18.5 Å². The number of hydrogen-bond donors (Lipinski definition) is 1. The number of aromatic nitrogens is 1. The summed E-state index contributed by atoms with van der Waals surface area (Å²) < 4.78 is 43.0. The SMILES string of the molecule is CC[C@H](C)Oc1ccc(/C=N\Nc2ccc(C(F)(F)F)cn2)cc1Cl. The van der Waals surface area contributed by atoms with Crippen molar-refractivity contribution in [1.29, 1.82) is 0 Å². The van der Waals surface area contributed by atoms with Crippen LogP contribution in [0.3, 0.4) is 0 Å². The van der Waals surface area contributed by atoms with Gasteiger partial charge in [0.2, 0.25) is 0 Å². The molecule has 134 valence electrons. The molecule has 1 aromatic carbocycles. The van der Waals surface area contributed by atoms with Crippen LogP contribution in [0.2, 0.25) is 5.02 Å². The van der Waals surface area contributed by atoms with Gasteiger partial charge in [0.25, 0.3) is 0 Å². The first kappa shape index (κ1) is 19.1. The van der Waals surface area contributed by atoms with Gasteiger partial charge in [-0.15, -0.1) is 0 Å². The quantitative estimate of drug-likeness (QED) is 0.548. The lowest BCUT2D eigenvalue weighted by Crippen LogP contribution is -2.10. The number of rotatable bonds is 6. The molecule has 2 rings (SSSR count). The minimum absolute atomic E-state index is 0.0597. The van der Waals surface area contributed by atoms with Gasteiger partial charge in [-0.05, 0) is 49.2 Å². The van der Waals surface area contributed by atoms with Crippen LogP contribution in [0.25, 0.3) is 0 Å². The molecule has 1 aromatic heterocycles. The lowest BCUT2D eigenvalue weighted by Gasteiger charge is -2.13. The standard InChI is InChI=1S/C17H17ClF3N3O/c1-3-11(2)25-15-6-4-12(8-14(15)18)9-23-24-16-7-5-13(10-22-16)17(19,20)21/h4-11H,3H2,1-2H3,(H,22,24)/b23-9-/t11-/m0/s1. The van der Waals surface area contributed by atoms with E-state index in [4.69, 9.17) is 16.3 Å². The Morgan fingerprint density at radius 1 is 1.32 bits per heavy atom. The molecule has 25 heavy (non-hydrogen) atoms. The van der Waals surface area contributed by atoms with E-state index in [0.717, 1.165) is 18.7 Å². The summed E-state index contributed by atoms with van der Waals surface area (Å²) in [4.78, 5) is 3.66. The molecule has 0 saturated heterocycles. The summed E-state index contributed by atoms with van der Waals surface area (Å²) >= 11 is 6.16. The molecule has 0 spiro atoms. The minimum Gasteiger partial charge on any atom is -0.489 e. The molecule has 0 aliphatic rings. The fraction of sp³-hybridized carbons (Fsp3) is 0.294. The molecular formula is C17H17ClF3N3O. The third-order valence-electron chi connectivity index (χ3n) is 3.34. The molecule has 0 aliphatic heterocycles. The van der Waals surface area contributed by atoms with Crippen LogP contribution in [0.4, 0.5) is 19.0 Å². The Morgan fingerprint density at radius 2 is 2.08 bits per heavy atom. The number of benzene rings is 1. The number of nitrogens with one attached hydrogen (secondary N) is 1. The van der Waals surface area contributed by atoms with Gasteiger partial charge in [-0.3, -0.25) is 5.43 Å². The molecule has 0 unspecified atom stereocenters. The fourth-order valence-electron chi connectivity index (χ4n) is 1.79. The third-order valence-corrected chi connectivity index (χ3v) is 3.64. The van der Waals surface area contributed by atoms with Gasteiger partial charge in [0.15, 0.2) is 0 Å². The molecule has 8 heteroatoms. The van der Waals surface area contributed by atoms with Crippen molar-refractivity contribution in [3.05, 3.63) is 52.7 Å². The van der Waals surface area contributed by atoms with Crippen molar-refractivity contribution in [3.8, 4) is 5.75 Å². The average Bonchev–Trinajstić information content (AvgIpc) is 2.57. The number of halogens is 4. The maximum Gasteiger partial charge on any atom is 0.417 e. The molecule has 0 fully saturated rings. The highest BCUT2D eigenvalue weighted by Gasteiger charge is 2.30. The van der Waals surface area contributed by atoms with Crippen molar-refractivity contribution in [2.45, 2.75) is 32.5 Å². The van der Waals surface area contributed by atoms with E-state index >= 15 is 0 Å². The molecule has 4 nitrogen and oxygen atoms in total. The van der Waals surface area contributed by atoms with E-state index in [-0.39, 0.29) is 11.9 Å². The zero-order chi connectivity index (χ0) is 18.4. The van der Waals surface area contributed by atoms with Crippen LogP contribution in [-0.4, -0.2) is 17.3 Å². The second-order valence-corrected chi connectivity index (χ2v) is 5.73. The van der Waals surface area contributed by atoms with Gasteiger partial charge in [0, 0.05) is 6.20 Å². The molecule has 0 amide bonds. The van der Waals surface area contributed by atoms with Crippen LogP contribution in [0.1, 0.15) is 31.4 Å². The van der Waals surface area contributed by atoms with E-state index in [0.29, 0.717) is 16.3 Å². The lowest BCUT2D eigenvalue weighted by atomic mass is 10.2. The molecule has 0 aliphatic carbocycles. The topological polar surface area (TPSA) is 46.5 Å². The monoisotopic (exact) mass is 371 g/mol. The van der Waals surface area contributed by atoms with Gasteiger partial charge < -0.3 is 4.74 Å². The summed E-state index contributed by atoms with van der Waals surface area (Å²) in [5, 5.41) is 4.39. The highest BCUT2D eigenvalue weighted by atomic mass is 35.5. The van der Waals surface area contributed by atoms with Crippen LogP contribution < -0.4 is 10.2 Å². The Kier molecular flexibility index (Phi) is 6.25. The van der Waals surface area contributed by atoms with Crippen LogP contribution in [0.5, 0.6) is 5.75 Å². The summed E-state index contributed by atoms with van der Waals surface area (Å²) in [5.74, 6) is 0.789. The first-order valence-electron chi connectivity index (χ1n) is 7.58. The predicted octanol–water partition coefficient (Wildman–Crippen LogP) is 5.38. The number of anilines is 1. The van der Waals surface area contributed by atoms with Gasteiger partial charge >= 0.3 is 6.18 Å². The number of hydrazone groups is 1. The largest absolute Gasteiger partial charge is 0.489 e. The maximum absolute atomic E-state index is 12.5. The normalized spacial score (nSPS) is 13.0. The van der Waals surface area contributed by atoms with E-state index in [9.17, 15) is 13.2 Å². The maximum atomic E-state index is 12.5. The summed E-state index contributed by atoms with van der Waals surface area (Å²) in [6.45, 7) is 3.97. The van der Waals surface area contributed by atoms with Crippen LogP contribution in [0.15, 0.2) is 41.6 Å². The first-order valence-corrected chi connectivity index (χ1v) is 7.96. The third kappa shape index (κ3) is 5.63. The van der Waals surface area contributed by atoms with Crippen molar-refractivity contribution in [3.63, 3.8) is 0 Å². The molecule has 0 saturated carbocycles. The number of pyridine rings is 1. The zero-order valence-electron chi connectivity index (χ0n) is 13.6. The summed E-state index contributed by atoms with van der Waals surface area (Å²) in [7, 11) is 0. The molecular weight excluding hydrogens is 355 g/mol. The van der Waals surface area contributed by atoms with Crippen LogP contribution in [-0.2, 0) is 6.18 Å². The molecule has 1 N–H and O–H groups in total. The Labute approximate surface area is 148 Å². The number of alkyl halides is 3. The fourth-order valence-corrected chi connectivity index (χ4v) is 2.03. The average molecular weight is 372 g/mol. The van der Waals surface area contributed by atoms with Gasteiger partial charge in [0.05, 0.1) is 22.9 Å². The van der Waals surface area contributed by atoms with E-state index in [1.807, 2.05) is 13.8 Å². The Morgan fingerprint density at radius 3 is 2.64 bits per heavy atom. The smallest absolute Gasteiger partial charge is 0.417 e. The van der Waals surface area contributed by atoms with E-state index in [1.165, 1.54) is 12.3 Å². The van der Waals surface area contributed by atoms with Crippen LogP contribution >= 0.6 is 11.6 Å². The Balaban J connectivity index is 1.99. The van der Waals surface area contributed by atoms with Crippen molar-refractivity contribution in [2.75, 3.05) is 5.43 Å². The lowest BCUT2D eigenvalue weighted by molar-refractivity contribution is -0.137. The van der Waals surface area contributed by atoms with E-state index in [1.54, 1.807) is 18.2 Å². The molecule has 1 heterocycles. The molecule has 0 radical (unpaired) electrons. The van der Waals surface area contributed by atoms with Gasteiger partial charge in [0.1, 0.15) is 11.6 Å².